The number of carbonyl (C=O) groups is 2. The van der Waals surface area contributed by atoms with Crippen LogP contribution in [0.4, 0.5) is 5.69 Å². The zero-order valence-electron chi connectivity index (χ0n) is 21.6. The molecule has 1 aliphatic heterocycles. The molecule has 0 saturated carbocycles. The zero-order valence-corrected chi connectivity index (χ0v) is 21.6. The number of nitrogens with zero attached hydrogens (tertiary/aromatic N) is 2. The summed E-state index contributed by atoms with van der Waals surface area (Å²) >= 11 is 0. The molecule has 1 heterocycles. The molecule has 0 N–H and O–H groups in total. The van der Waals surface area contributed by atoms with Crippen LogP contribution in [0, 0.1) is 17.0 Å². The lowest BCUT2D eigenvalue weighted by Crippen LogP contribution is -2.42. The highest BCUT2D eigenvalue weighted by atomic mass is 16.6. The van der Waals surface area contributed by atoms with Gasteiger partial charge < -0.3 is 23.8 Å². The average Bonchev–Trinajstić information content (AvgIpc) is 2.94. The molecule has 10 nitrogen and oxygen atoms in total. The van der Waals surface area contributed by atoms with Gasteiger partial charge in [0.25, 0.3) is 11.6 Å². The Labute approximate surface area is 219 Å². The first-order valence-corrected chi connectivity index (χ1v) is 11.9. The summed E-state index contributed by atoms with van der Waals surface area (Å²) in [4.78, 5) is 38.1. The molecule has 3 aromatic carbocycles. The van der Waals surface area contributed by atoms with Crippen LogP contribution in [0.3, 0.4) is 0 Å². The van der Waals surface area contributed by atoms with Crippen LogP contribution in [-0.4, -0.2) is 56.2 Å². The minimum Gasteiger partial charge on any atom is -0.493 e. The number of fused-ring (bicyclic) bond motifs is 1. The minimum absolute atomic E-state index is 0.0970. The van der Waals surface area contributed by atoms with Gasteiger partial charge in [-0.25, -0.2) is 4.79 Å². The second-order valence-corrected chi connectivity index (χ2v) is 8.76. The van der Waals surface area contributed by atoms with Gasteiger partial charge in [0.15, 0.2) is 11.5 Å². The van der Waals surface area contributed by atoms with Gasteiger partial charge >= 0.3 is 5.97 Å². The number of hydrogen-bond acceptors (Lipinski definition) is 8. The van der Waals surface area contributed by atoms with E-state index in [1.807, 2.05) is 12.1 Å². The summed E-state index contributed by atoms with van der Waals surface area (Å²) in [5.41, 5.74) is 2.78. The molecule has 1 unspecified atom stereocenters. The number of aryl methyl sites for hydroxylation is 1. The van der Waals surface area contributed by atoms with Gasteiger partial charge in [-0.1, -0.05) is 6.07 Å². The second kappa shape index (κ2) is 11.2. The van der Waals surface area contributed by atoms with Crippen molar-refractivity contribution in [3.8, 4) is 17.2 Å². The van der Waals surface area contributed by atoms with Crippen molar-refractivity contribution in [1.29, 1.82) is 0 Å². The number of methoxy groups -OCH3 is 3. The fourth-order valence-corrected chi connectivity index (χ4v) is 4.54. The maximum absolute atomic E-state index is 13.7. The SMILES string of the molecule is COC(=O)c1ccc(OCC2c3cc(OC)c(OC)cc3CCN2C(=O)c2ccc(C)c([N+](=O)[O-])c2)cc1. The summed E-state index contributed by atoms with van der Waals surface area (Å²) in [6.45, 7) is 2.10. The van der Waals surface area contributed by atoms with Crippen molar-refractivity contribution < 1.29 is 33.5 Å². The van der Waals surface area contributed by atoms with Crippen molar-refractivity contribution in [2.75, 3.05) is 34.5 Å². The third-order valence-corrected chi connectivity index (χ3v) is 6.60. The maximum atomic E-state index is 13.7. The highest BCUT2D eigenvalue weighted by molar-refractivity contribution is 5.95. The highest BCUT2D eigenvalue weighted by Gasteiger charge is 2.34. The molecule has 10 heteroatoms. The summed E-state index contributed by atoms with van der Waals surface area (Å²) in [5.74, 6) is 0.798. The van der Waals surface area contributed by atoms with Gasteiger partial charge in [-0.15, -0.1) is 0 Å². The number of amides is 1. The average molecular weight is 521 g/mol. The predicted molar refractivity (Wildman–Crippen MR) is 138 cm³/mol. The number of carbonyl (C=O) groups excluding carboxylic acids is 2. The van der Waals surface area contributed by atoms with Crippen molar-refractivity contribution in [3.63, 3.8) is 0 Å². The van der Waals surface area contributed by atoms with Crippen LogP contribution in [-0.2, 0) is 11.2 Å². The topological polar surface area (TPSA) is 117 Å². The summed E-state index contributed by atoms with van der Waals surface area (Å²) < 4.78 is 21.8. The lowest BCUT2D eigenvalue weighted by Gasteiger charge is -2.37. The first kappa shape index (κ1) is 26.5. The summed E-state index contributed by atoms with van der Waals surface area (Å²) in [6.07, 6.45) is 0.555. The zero-order chi connectivity index (χ0) is 27.4. The molecular formula is C28H28N2O8. The molecular weight excluding hydrogens is 492 g/mol. The smallest absolute Gasteiger partial charge is 0.337 e. The van der Waals surface area contributed by atoms with Gasteiger partial charge in [0.1, 0.15) is 12.4 Å². The number of nitro groups is 1. The third-order valence-electron chi connectivity index (χ3n) is 6.60. The normalized spacial score (nSPS) is 14.3. The molecule has 1 amide bonds. The molecule has 1 atom stereocenters. The monoisotopic (exact) mass is 520 g/mol. The fraction of sp³-hybridized carbons (Fsp3) is 0.286. The Balaban J connectivity index is 1.69. The van der Waals surface area contributed by atoms with E-state index in [0.29, 0.717) is 41.3 Å². The number of benzene rings is 3. The molecule has 0 radical (unpaired) electrons. The van der Waals surface area contributed by atoms with Crippen molar-refractivity contribution in [3.05, 3.63) is 92.5 Å². The van der Waals surface area contributed by atoms with Crippen LogP contribution in [0.1, 0.15) is 43.4 Å². The standard InChI is InChI=1S/C28H28N2O8/c1-17-5-6-20(13-23(17)30(33)34)27(31)29-12-11-19-14-25(35-2)26(36-3)15-22(19)24(29)16-38-21-9-7-18(8-10-21)28(32)37-4/h5-10,13-15,24H,11-12,16H2,1-4H3. The van der Waals surface area contributed by atoms with E-state index in [1.165, 1.54) is 20.3 Å². The molecule has 0 aromatic heterocycles. The Bertz CT molecular complexity index is 1370. The number of rotatable bonds is 8. The Morgan fingerprint density at radius 3 is 2.26 bits per heavy atom. The van der Waals surface area contributed by atoms with Gasteiger partial charge in [-0.05, 0) is 66.9 Å². The molecule has 0 bridgehead atoms. The van der Waals surface area contributed by atoms with Crippen molar-refractivity contribution in [2.45, 2.75) is 19.4 Å². The van der Waals surface area contributed by atoms with E-state index in [4.69, 9.17) is 18.9 Å². The maximum Gasteiger partial charge on any atom is 0.337 e. The van der Waals surface area contributed by atoms with Crippen LogP contribution in [0.5, 0.6) is 17.2 Å². The molecule has 38 heavy (non-hydrogen) atoms. The molecule has 0 saturated heterocycles. The van der Waals surface area contributed by atoms with Crippen LogP contribution < -0.4 is 14.2 Å². The van der Waals surface area contributed by atoms with Crippen LogP contribution in [0.25, 0.3) is 0 Å². The number of ether oxygens (including phenoxy) is 4. The Hall–Kier alpha value is -4.60. The van der Waals surface area contributed by atoms with E-state index in [2.05, 4.69) is 0 Å². The summed E-state index contributed by atoms with van der Waals surface area (Å²) in [6, 6.07) is 14.2. The molecule has 4 rings (SSSR count). The van der Waals surface area contributed by atoms with Crippen molar-refractivity contribution in [2.24, 2.45) is 0 Å². The van der Waals surface area contributed by atoms with E-state index in [-0.39, 0.29) is 23.8 Å². The lowest BCUT2D eigenvalue weighted by atomic mass is 9.91. The summed E-state index contributed by atoms with van der Waals surface area (Å²) in [7, 11) is 4.41. The summed E-state index contributed by atoms with van der Waals surface area (Å²) in [5, 5.41) is 11.5. The first-order chi connectivity index (χ1) is 18.3. The molecule has 3 aromatic rings. The van der Waals surface area contributed by atoms with Crippen LogP contribution >= 0.6 is 0 Å². The van der Waals surface area contributed by atoms with E-state index in [1.54, 1.807) is 55.3 Å². The van der Waals surface area contributed by atoms with Gasteiger partial charge in [-0.2, -0.15) is 0 Å². The second-order valence-electron chi connectivity index (χ2n) is 8.76. The van der Waals surface area contributed by atoms with E-state index < -0.39 is 16.9 Å². The molecule has 0 aliphatic carbocycles. The quantitative estimate of drug-likeness (QED) is 0.242. The number of nitro benzene ring substituents is 1. The lowest BCUT2D eigenvalue weighted by molar-refractivity contribution is -0.385. The van der Waals surface area contributed by atoms with Gasteiger partial charge in [0, 0.05) is 23.7 Å². The number of esters is 1. The largest absolute Gasteiger partial charge is 0.493 e. The molecule has 198 valence electrons. The Morgan fingerprint density at radius 2 is 1.63 bits per heavy atom. The van der Waals surface area contributed by atoms with Crippen molar-refractivity contribution >= 4 is 17.6 Å². The predicted octanol–water partition coefficient (Wildman–Crippen LogP) is 4.53. The Morgan fingerprint density at radius 1 is 0.974 bits per heavy atom. The number of hydrogen-bond donors (Lipinski definition) is 0. The van der Waals surface area contributed by atoms with Gasteiger partial charge in [0.05, 0.1) is 37.9 Å². The minimum atomic E-state index is -0.522. The van der Waals surface area contributed by atoms with Crippen LogP contribution in [0.2, 0.25) is 0 Å². The molecule has 1 aliphatic rings. The highest BCUT2D eigenvalue weighted by Crippen LogP contribution is 2.39. The van der Waals surface area contributed by atoms with E-state index in [9.17, 15) is 19.7 Å². The van der Waals surface area contributed by atoms with Gasteiger partial charge in [-0.3, -0.25) is 14.9 Å². The van der Waals surface area contributed by atoms with Crippen LogP contribution in [0.15, 0.2) is 54.6 Å². The van der Waals surface area contributed by atoms with E-state index >= 15 is 0 Å². The van der Waals surface area contributed by atoms with Gasteiger partial charge in [0.2, 0.25) is 0 Å². The fourth-order valence-electron chi connectivity index (χ4n) is 4.54. The first-order valence-electron chi connectivity index (χ1n) is 11.9. The molecule has 0 spiro atoms. The van der Waals surface area contributed by atoms with E-state index in [0.717, 1.165) is 11.1 Å². The third kappa shape index (κ3) is 5.24. The molecule has 0 fully saturated rings. The van der Waals surface area contributed by atoms with Crippen molar-refractivity contribution in [1.82, 2.24) is 4.90 Å². The Kier molecular flexibility index (Phi) is 7.80.